The zero-order chi connectivity index (χ0) is 19.6. The molecule has 0 bridgehead atoms. The summed E-state index contributed by atoms with van der Waals surface area (Å²) in [5, 5.41) is 2.74. The highest BCUT2D eigenvalue weighted by Crippen LogP contribution is 2.26. The topological polar surface area (TPSA) is 92.8 Å². The van der Waals surface area contributed by atoms with Gasteiger partial charge in [0.15, 0.2) is 9.84 Å². The number of nitrogens with one attached hydrogen (secondary N) is 1. The van der Waals surface area contributed by atoms with E-state index in [0.717, 1.165) is 12.0 Å². The second-order valence-electron chi connectivity index (χ2n) is 7.21. The Morgan fingerprint density at radius 1 is 1.26 bits per heavy atom. The van der Waals surface area contributed by atoms with Gasteiger partial charge in [0.25, 0.3) is 0 Å². The van der Waals surface area contributed by atoms with E-state index in [2.05, 4.69) is 11.4 Å². The number of sulfone groups is 1. The van der Waals surface area contributed by atoms with Crippen molar-refractivity contribution in [2.75, 3.05) is 25.2 Å². The molecule has 1 unspecified atom stereocenters. The lowest BCUT2D eigenvalue weighted by molar-refractivity contribution is -0.137. The van der Waals surface area contributed by atoms with Gasteiger partial charge in [-0.05, 0) is 24.0 Å². The summed E-state index contributed by atoms with van der Waals surface area (Å²) >= 11 is 0. The summed E-state index contributed by atoms with van der Waals surface area (Å²) in [4.78, 5) is 27.1. The maximum absolute atomic E-state index is 13.1. The van der Waals surface area contributed by atoms with Crippen LogP contribution in [-0.4, -0.2) is 62.4 Å². The van der Waals surface area contributed by atoms with E-state index < -0.39 is 27.9 Å². The van der Waals surface area contributed by atoms with Crippen molar-refractivity contribution in [2.24, 2.45) is 5.92 Å². The summed E-state index contributed by atoms with van der Waals surface area (Å²) in [6, 6.07) is 7.24. The molecule has 2 heterocycles. The number of nitrogens with zero attached hydrogens (tertiary/aromatic N) is 1. The quantitative estimate of drug-likeness (QED) is 0.786. The zero-order valence-corrected chi connectivity index (χ0v) is 16.5. The molecule has 0 radical (unpaired) electrons. The standard InChI is InChI=1S/C19H26N2O5S/c1-3-17(26-2)18(22)20-16-12-27(24,25)11-15(16)19(23)21-9-8-13-6-4-5-7-14(13)10-21/h4-7,15-17H,3,8-12H2,1-2H3,(H,20,22)/t15-,16-,17?/m1/s1. The van der Waals surface area contributed by atoms with Gasteiger partial charge in [0.2, 0.25) is 11.8 Å². The van der Waals surface area contributed by atoms with Crippen LogP contribution in [0.5, 0.6) is 0 Å². The number of methoxy groups -OCH3 is 1. The van der Waals surface area contributed by atoms with Gasteiger partial charge in [-0.3, -0.25) is 9.59 Å². The molecule has 148 valence electrons. The molecule has 7 nitrogen and oxygen atoms in total. The first kappa shape index (κ1) is 19.8. The molecule has 3 rings (SSSR count). The maximum Gasteiger partial charge on any atom is 0.249 e. The minimum Gasteiger partial charge on any atom is -0.372 e. The third-order valence-corrected chi connectivity index (χ3v) is 7.12. The molecule has 0 aromatic heterocycles. The van der Waals surface area contributed by atoms with Crippen LogP contribution in [0.1, 0.15) is 24.5 Å². The van der Waals surface area contributed by atoms with E-state index in [4.69, 9.17) is 4.74 Å². The lowest BCUT2D eigenvalue weighted by Crippen LogP contribution is -2.50. The Kier molecular flexibility index (Phi) is 5.86. The van der Waals surface area contributed by atoms with Gasteiger partial charge >= 0.3 is 0 Å². The Bertz CT molecular complexity index is 819. The molecule has 1 aromatic rings. The van der Waals surface area contributed by atoms with E-state index in [1.807, 2.05) is 25.1 Å². The van der Waals surface area contributed by atoms with Crippen molar-refractivity contribution in [1.82, 2.24) is 10.2 Å². The van der Waals surface area contributed by atoms with Gasteiger partial charge in [-0.2, -0.15) is 0 Å². The van der Waals surface area contributed by atoms with Crippen LogP contribution in [-0.2, 0) is 37.1 Å². The van der Waals surface area contributed by atoms with Crippen molar-refractivity contribution < 1.29 is 22.7 Å². The van der Waals surface area contributed by atoms with Crippen molar-refractivity contribution in [3.8, 4) is 0 Å². The predicted molar refractivity (Wildman–Crippen MR) is 101 cm³/mol. The summed E-state index contributed by atoms with van der Waals surface area (Å²) in [5.41, 5.74) is 2.31. The van der Waals surface area contributed by atoms with Crippen LogP contribution >= 0.6 is 0 Å². The van der Waals surface area contributed by atoms with Crippen molar-refractivity contribution in [3.63, 3.8) is 0 Å². The monoisotopic (exact) mass is 394 g/mol. The summed E-state index contributed by atoms with van der Waals surface area (Å²) in [6.45, 7) is 2.84. The molecule has 0 saturated carbocycles. The van der Waals surface area contributed by atoms with Gasteiger partial charge in [0, 0.05) is 20.2 Å². The second-order valence-corrected chi connectivity index (χ2v) is 9.36. The lowest BCUT2D eigenvalue weighted by Gasteiger charge is -2.32. The zero-order valence-electron chi connectivity index (χ0n) is 15.7. The molecule has 27 heavy (non-hydrogen) atoms. The fourth-order valence-corrected chi connectivity index (χ4v) is 5.81. The van der Waals surface area contributed by atoms with Crippen molar-refractivity contribution in [3.05, 3.63) is 35.4 Å². The van der Waals surface area contributed by atoms with Crippen LogP contribution in [0.4, 0.5) is 0 Å². The predicted octanol–water partition coefficient (Wildman–Crippen LogP) is 0.526. The highest BCUT2D eigenvalue weighted by Gasteiger charge is 2.45. The number of hydrogen-bond acceptors (Lipinski definition) is 5. The molecule has 2 amide bonds. The molecule has 0 aliphatic carbocycles. The van der Waals surface area contributed by atoms with Crippen LogP contribution in [0, 0.1) is 5.92 Å². The average Bonchev–Trinajstić information content (AvgIpc) is 2.95. The van der Waals surface area contributed by atoms with Crippen LogP contribution in [0.2, 0.25) is 0 Å². The Morgan fingerprint density at radius 2 is 1.96 bits per heavy atom. The summed E-state index contributed by atoms with van der Waals surface area (Å²) in [7, 11) is -1.94. The van der Waals surface area contributed by atoms with Gasteiger partial charge in [-0.15, -0.1) is 0 Å². The van der Waals surface area contributed by atoms with Crippen LogP contribution in [0.25, 0.3) is 0 Å². The van der Waals surface area contributed by atoms with E-state index >= 15 is 0 Å². The van der Waals surface area contributed by atoms with E-state index in [-0.39, 0.29) is 23.3 Å². The lowest BCUT2D eigenvalue weighted by atomic mass is 9.96. The van der Waals surface area contributed by atoms with Crippen LogP contribution in [0.15, 0.2) is 24.3 Å². The molecule has 1 N–H and O–H groups in total. The molecule has 8 heteroatoms. The first-order chi connectivity index (χ1) is 12.8. The Morgan fingerprint density at radius 3 is 2.63 bits per heavy atom. The van der Waals surface area contributed by atoms with Crippen molar-refractivity contribution in [1.29, 1.82) is 0 Å². The number of fused-ring (bicyclic) bond motifs is 1. The number of benzene rings is 1. The van der Waals surface area contributed by atoms with E-state index in [1.165, 1.54) is 12.7 Å². The molecule has 2 aliphatic heterocycles. The number of ether oxygens (including phenoxy) is 1. The van der Waals surface area contributed by atoms with Crippen molar-refractivity contribution in [2.45, 2.75) is 38.5 Å². The minimum atomic E-state index is -3.38. The minimum absolute atomic E-state index is 0.207. The smallest absolute Gasteiger partial charge is 0.249 e. The number of carbonyl (C=O) groups is 2. The number of rotatable bonds is 5. The molecule has 1 fully saturated rings. The molecule has 1 saturated heterocycles. The fraction of sp³-hybridized carbons (Fsp3) is 0.579. The van der Waals surface area contributed by atoms with Crippen LogP contribution < -0.4 is 5.32 Å². The Hall–Kier alpha value is -1.93. The number of carbonyl (C=O) groups excluding carboxylic acids is 2. The average molecular weight is 394 g/mol. The third kappa shape index (κ3) is 4.32. The number of hydrogen-bond donors (Lipinski definition) is 1. The van der Waals surface area contributed by atoms with Crippen molar-refractivity contribution >= 4 is 21.7 Å². The second kappa shape index (κ2) is 7.98. The molecular weight excluding hydrogens is 368 g/mol. The van der Waals surface area contributed by atoms with E-state index in [1.54, 1.807) is 4.90 Å². The third-order valence-electron chi connectivity index (χ3n) is 5.39. The first-order valence-electron chi connectivity index (χ1n) is 9.23. The normalized spacial score (nSPS) is 24.9. The summed E-state index contributed by atoms with van der Waals surface area (Å²) < 4.78 is 29.5. The van der Waals surface area contributed by atoms with E-state index in [0.29, 0.717) is 19.5 Å². The van der Waals surface area contributed by atoms with Gasteiger partial charge in [0.1, 0.15) is 6.10 Å². The largest absolute Gasteiger partial charge is 0.372 e. The van der Waals surface area contributed by atoms with Crippen LogP contribution in [0.3, 0.4) is 0 Å². The molecular formula is C19H26N2O5S. The SMILES string of the molecule is CCC(OC)C(=O)N[C@@H]1CS(=O)(=O)C[C@H]1C(=O)N1CCc2ccccc2C1. The highest BCUT2D eigenvalue weighted by atomic mass is 32.2. The van der Waals surface area contributed by atoms with Gasteiger partial charge < -0.3 is 15.0 Å². The molecule has 3 atom stereocenters. The Balaban J connectivity index is 1.75. The van der Waals surface area contributed by atoms with Gasteiger partial charge in [-0.1, -0.05) is 31.2 Å². The number of amides is 2. The summed E-state index contributed by atoms with van der Waals surface area (Å²) in [5.74, 6) is -1.76. The highest BCUT2D eigenvalue weighted by molar-refractivity contribution is 7.91. The molecule has 2 aliphatic rings. The molecule has 0 spiro atoms. The molecule has 1 aromatic carbocycles. The fourth-order valence-electron chi connectivity index (χ4n) is 3.89. The first-order valence-corrected chi connectivity index (χ1v) is 11.1. The van der Waals surface area contributed by atoms with Gasteiger partial charge in [-0.25, -0.2) is 8.42 Å². The summed E-state index contributed by atoms with van der Waals surface area (Å²) in [6.07, 6.45) is 0.578. The van der Waals surface area contributed by atoms with E-state index in [9.17, 15) is 18.0 Å². The Labute approximate surface area is 160 Å². The maximum atomic E-state index is 13.1. The van der Waals surface area contributed by atoms with Gasteiger partial charge in [0.05, 0.1) is 23.5 Å².